The summed E-state index contributed by atoms with van der Waals surface area (Å²) in [5.74, 6) is 0. The zero-order valence-electron chi connectivity index (χ0n) is 13.9. The van der Waals surface area contributed by atoms with Crippen molar-refractivity contribution in [3.05, 3.63) is 76.8 Å². The molecule has 2 aromatic rings. The van der Waals surface area contributed by atoms with E-state index >= 15 is 0 Å². The summed E-state index contributed by atoms with van der Waals surface area (Å²) < 4.78 is 42.7. The average molecular weight is 407 g/mol. The van der Waals surface area contributed by atoms with Crippen LogP contribution in [-0.4, -0.2) is 38.8 Å². The van der Waals surface area contributed by atoms with Crippen LogP contribution in [-0.2, 0) is 28.5 Å². The summed E-state index contributed by atoms with van der Waals surface area (Å²) in [5, 5.41) is 0. The predicted molar refractivity (Wildman–Crippen MR) is 93.1 cm³/mol. The van der Waals surface area contributed by atoms with Gasteiger partial charge in [0.05, 0.1) is 0 Å². The summed E-state index contributed by atoms with van der Waals surface area (Å²) in [6.45, 7) is 0.708. The molecule has 25 heavy (non-hydrogen) atoms. The van der Waals surface area contributed by atoms with Gasteiger partial charge >= 0.3 is 149 Å². The maximum absolute atomic E-state index is 12.8. The number of rotatable bonds is 7. The third-order valence-corrected chi connectivity index (χ3v) is 7.72. The molecule has 0 radical (unpaired) electrons. The van der Waals surface area contributed by atoms with Crippen molar-refractivity contribution < 1.29 is 21.9 Å². The maximum atomic E-state index is 12.8. The van der Waals surface area contributed by atoms with Crippen LogP contribution < -0.4 is 4.46 Å². The van der Waals surface area contributed by atoms with Crippen molar-refractivity contribution in [1.29, 1.82) is 0 Å². The van der Waals surface area contributed by atoms with Crippen LogP contribution in [0.4, 0.5) is 0 Å². The van der Waals surface area contributed by atoms with Gasteiger partial charge in [-0.1, -0.05) is 0 Å². The van der Waals surface area contributed by atoms with Crippen LogP contribution in [0.2, 0.25) is 0 Å². The number of hydrogen-bond donors (Lipinski definition) is 0. The summed E-state index contributed by atoms with van der Waals surface area (Å²) in [6.07, 6.45) is 0.263. The molecule has 0 bridgehead atoms. The number of methoxy groups -OCH3 is 1. The van der Waals surface area contributed by atoms with Crippen molar-refractivity contribution in [1.82, 2.24) is 0 Å². The Hall–Kier alpha value is -1.82. The molecule has 0 amide bonds. The van der Waals surface area contributed by atoms with E-state index in [0.717, 1.165) is 5.56 Å². The molecule has 132 valence electrons. The van der Waals surface area contributed by atoms with E-state index in [1.54, 1.807) is 36.4 Å². The van der Waals surface area contributed by atoms with Crippen molar-refractivity contribution in [2.75, 3.05) is 13.7 Å². The van der Waals surface area contributed by atoms with Crippen LogP contribution in [0, 0.1) is 0 Å². The molecule has 0 spiro atoms. The molecule has 0 aromatic heterocycles. The van der Waals surface area contributed by atoms with Gasteiger partial charge in [0.15, 0.2) is 0 Å². The van der Waals surface area contributed by atoms with Gasteiger partial charge in [0.1, 0.15) is 0 Å². The van der Waals surface area contributed by atoms with Gasteiger partial charge < -0.3 is 0 Å². The molecule has 5 nitrogen and oxygen atoms in total. The van der Waals surface area contributed by atoms with Crippen LogP contribution in [0.25, 0.3) is 0 Å². The fraction of sp³-hybridized carbons (Fsp3) is 0.263. The molecule has 1 aliphatic heterocycles. The van der Waals surface area contributed by atoms with Gasteiger partial charge in [-0.05, 0) is 0 Å². The third kappa shape index (κ3) is 4.24. The van der Waals surface area contributed by atoms with Crippen molar-refractivity contribution in [3.63, 3.8) is 0 Å². The molecule has 2 aromatic carbocycles. The van der Waals surface area contributed by atoms with Gasteiger partial charge in [-0.15, -0.1) is 0 Å². The fourth-order valence-corrected chi connectivity index (χ4v) is 5.80. The van der Waals surface area contributed by atoms with Gasteiger partial charge in [-0.3, -0.25) is 0 Å². The van der Waals surface area contributed by atoms with Gasteiger partial charge in [0.25, 0.3) is 0 Å². The Balaban J connectivity index is 1.69. The van der Waals surface area contributed by atoms with Crippen LogP contribution in [0.5, 0.6) is 0 Å². The molecule has 0 N–H and O–H groups in total. The standard InChI is InChI=1S/C19H20O5Se/c1-22-19-18(25(20,21)17-10-6-3-7-11-17)12-16(24-19)14-23-13-15-8-4-2-5-9-15/h2-12,16,19H,13-14H2,1H3/t16-,19-/m0/s1. The summed E-state index contributed by atoms with van der Waals surface area (Å²) in [7, 11) is 1.43. The van der Waals surface area contributed by atoms with E-state index in [9.17, 15) is 7.67 Å². The Kier molecular flexibility index (Phi) is 5.78. The number of hydrogen-bond acceptors (Lipinski definition) is 5. The van der Waals surface area contributed by atoms with Crippen molar-refractivity contribution in [3.8, 4) is 0 Å². The topological polar surface area (TPSA) is 61.8 Å². The van der Waals surface area contributed by atoms with Gasteiger partial charge in [0, 0.05) is 0 Å². The van der Waals surface area contributed by atoms with E-state index in [0.29, 0.717) is 11.1 Å². The molecule has 2 atom stereocenters. The fourth-order valence-electron chi connectivity index (χ4n) is 2.61. The summed E-state index contributed by atoms with van der Waals surface area (Å²) in [6, 6.07) is 18.1. The van der Waals surface area contributed by atoms with E-state index in [1.807, 2.05) is 30.3 Å². The zero-order valence-corrected chi connectivity index (χ0v) is 15.6. The van der Waals surface area contributed by atoms with E-state index in [-0.39, 0.29) is 11.1 Å². The second-order valence-electron chi connectivity index (χ2n) is 5.63. The molecule has 0 saturated carbocycles. The number of benzene rings is 2. The Morgan fingerprint density at radius 3 is 2.28 bits per heavy atom. The van der Waals surface area contributed by atoms with Crippen LogP contribution in [0.1, 0.15) is 5.56 Å². The van der Waals surface area contributed by atoms with Gasteiger partial charge in [-0.2, -0.15) is 0 Å². The Bertz CT molecular complexity index is 815. The van der Waals surface area contributed by atoms with Crippen LogP contribution in [0.3, 0.4) is 0 Å². The molecule has 0 aliphatic carbocycles. The molecule has 1 heterocycles. The normalized spacial score (nSPS) is 20.4. The number of ether oxygens (including phenoxy) is 3. The Morgan fingerprint density at radius 2 is 1.64 bits per heavy atom. The molecule has 1 aliphatic rings. The van der Waals surface area contributed by atoms with Gasteiger partial charge in [0.2, 0.25) is 0 Å². The van der Waals surface area contributed by atoms with Crippen molar-refractivity contribution in [2.24, 2.45) is 0 Å². The van der Waals surface area contributed by atoms with E-state index in [2.05, 4.69) is 0 Å². The van der Waals surface area contributed by atoms with Gasteiger partial charge in [-0.25, -0.2) is 0 Å². The summed E-state index contributed by atoms with van der Waals surface area (Å²) >= 11 is -4.53. The molecular weight excluding hydrogens is 387 g/mol. The molecule has 0 unspecified atom stereocenters. The summed E-state index contributed by atoms with van der Waals surface area (Å²) in [4.78, 5) is 0. The molecule has 3 rings (SSSR count). The van der Waals surface area contributed by atoms with Crippen molar-refractivity contribution in [2.45, 2.75) is 19.0 Å². The monoisotopic (exact) mass is 408 g/mol. The third-order valence-electron chi connectivity index (χ3n) is 3.85. The first kappa shape index (κ1) is 18.0. The molecular formula is C19H20O5Se. The van der Waals surface area contributed by atoms with E-state index in [1.165, 1.54) is 7.11 Å². The SMILES string of the molecule is CO[C@H]1O[C@H](COCc2ccccc2)C=C1[Se](=O)(=O)c1ccccc1. The Labute approximate surface area is 148 Å². The van der Waals surface area contributed by atoms with E-state index < -0.39 is 25.1 Å². The van der Waals surface area contributed by atoms with Crippen LogP contribution >= 0.6 is 0 Å². The quantitative estimate of drug-likeness (QED) is 0.659. The first-order chi connectivity index (χ1) is 12.1. The van der Waals surface area contributed by atoms with Crippen LogP contribution in [0.15, 0.2) is 71.2 Å². The summed E-state index contributed by atoms with van der Waals surface area (Å²) in [5.41, 5.74) is 1.05. The first-order valence-electron chi connectivity index (χ1n) is 7.93. The first-order valence-corrected chi connectivity index (χ1v) is 11.0. The molecule has 0 fully saturated rings. The minimum atomic E-state index is -4.53. The van der Waals surface area contributed by atoms with Crippen molar-refractivity contribution >= 4 is 17.2 Å². The average Bonchev–Trinajstić information content (AvgIpc) is 3.07. The Morgan fingerprint density at radius 1 is 1.00 bits per heavy atom. The zero-order chi connectivity index (χ0) is 17.7. The predicted octanol–water partition coefficient (Wildman–Crippen LogP) is 2.25. The second-order valence-corrected chi connectivity index (χ2v) is 9.72. The molecule has 0 saturated heterocycles. The minimum absolute atomic E-state index is 0.193. The van der Waals surface area contributed by atoms with E-state index in [4.69, 9.17) is 14.2 Å². The second kappa shape index (κ2) is 8.04. The molecule has 6 heteroatoms.